The highest BCUT2D eigenvalue weighted by Gasteiger charge is 2.38. The Balaban J connectivity index is 3.53. The van der Waals surface area contributed by atoms with Gasteiger partial charge >= 0.3 is 6.18 Å². The summed E-state index contributed by atoms with van der Waals surface area (Å²) in [6.07, 6.45) is -7.33. The largest absolute Gasteiger partial charge is 0.417 e. The van der Waals surface area contributed by atoms with Crippen molar-refractivity contribution >= 4 is 5.82 Å². The van der Waals surface area contributed by atoms with Crippen LogP contribution in [-0.2, 0) is 6.18 Å². The third-order valence-corrected chi connectivity index (χ3v) is 1.84. The summed E-state index contributed by atoms with van der Waals surface area (Å²) >= 11 is 0. The maximum atomic E-state index is 12.4. The molecule has 1 aromatic rings. The van der Waals surface area contributed by atoms with Crippen LogP contribution in [0.1, 0.15) is 23.1 Å². The molecular weight excluding hydrogens is 219 g/mol. The highest BCUT2D eigenvalue weighted by molar-refractivity contribution is 5.49. The van der Waals surface area contributed by atoms with E-state index in [1.165, 1.54) is 0 Å². The van der Waals surface area contributed by atoms with Crippen LogP contribution in [0.4, 0.5) is 27.8 Å². The highest BCUT2D eigenvalue weighted by atomic mass is 19.4. The van der Waals surface area contributed by atoms with Crippen LogP contribution in [0.2, 0.25) is 0 Å². The average molecular weight is 226 g/mol. The van der Waals surface area contributed by atoms with E-state index in [1.807, 2.05) is 0 Å². The quantitative estimate of drug-likeness (QED) is 0.747. The van der Waals surface area contributed by atoms with Crippen LogP contribution in [0.15, 0.2) is 6.20 Å². The van der Waals surface area contributed by atoms with Gasteiger partial charge in [0.2, 0.25) is 0 Å². The second kappa shape index (κ2) is 3.63. The summed E-state index contributed by atoms with van der Waals surface area (Å²) in [6, 6.07) is 0. The Morgan fingerprint density at radius 3 is 2.20 bits per heavy atom. The van der Waals surface area contributed by atoms with Crippen molar-refractivity contribution in [2.75, 3.05) is 5.73 Å². The van der Waals surface area contributed by atoms with Crippen LogP contribution in [0.25, 0.3) is 0 Å². The van der Waals surface area contributed by atoms with Gasteiger partial charge in [-0.3, -0.25) is 0 Å². The molecule has 84 valence electrons. The number of nitrogens with zero attached hydrogens (tertiary/aromatic N) is 1. The Morgan fingerprint density at radius 2 is 1.87 bits per heavy atom. The smallest absolute Gasteiger partial charge is 0.383 e. The van der Waals surface area contributed by atoms with Gasteiger partial charge in [-0.1, -0.05) is 0 Å². The van der Waals surface area contributed by atoms with E-state index in [-0.39, 0.29) is 5.56 Å². The second-order valence-electron chi connectivity index (χ2n) is 2.91. The van der Waals surface area contributed by atoms with Gasteiger partial charge in [0.15, 0.2) is 0 Å². The van der Waals surface area contributed by atoms with E-state index in [1.54, 1.807) is 0 Å². The molecule has 0 spiro atoms. The van der Waals surface area contributed by atoms with Crippen molar-refractivity contribution in [3.63, 3.8) is 0 Å². The molecule has 1 aromatic heterocycles. The molecule has 15 heavy (non-hydrogen) atoms. The fraction of sp³-hybridized carbons (Fsp3) is 0.375. The van der Waals surface area contributed by atoms with E-state index < -0.39 is 29.5 Å². The van der Waals surface area contributed by atoms with Gasteiger partial charge in [0.1, 0.15) is 5.82 Å². The number of aryl methyl sites for hydroxylation is 1. The molecule has 0 atom stereocenters. The highest BCUT2D eigenvalue weighted by Crippen LogP contribution is 2.40. The number of rotatable bonds is 1. The number of halogens is 5. The molecule has 0 radical (unpaired) electrons. The lowest BCUT2D eigenvalue weighted by molar-refractivity contribution is -0.140. The minimum Gasteiger partial charge on any atom is -0.383 e. The summed E-state index contributed by atoms with van der Waals surface area (Å²) in [5.74, 6) is -0.789. The van der Waals surface area contributed by atoms with Crippen LogP contribution in [0.5, 0.6) is 0 Å². The lowest BCUT2D eigenvalue weighted by Gasteiger charge is -2.15. The standard InChI is InChI=1S/C8H7F5N2/c1-3-2-15-7(14)4(6(9)10)5(3)8(11,12)13/h2,6H,1H3,(H2,14,15). The zero-order chi connectivity index (χ0) is 11.8. The summed E-state index contributed by atoms with van der Waals surface area (Å²) in [4.78, 5) is 3.27. The Hall–Kier alpha value is -1.40. The molecule has 2 nitrogen and oxygen atoms in total. The molecule has 0 unspecified atom stereocenters. The zero-order valence-corrected chi connectivity index (χ0v) is 7.57. The summed E-state index contributed by atoms with van der Waals surface area (Å²) in [5, 5.41) is 0. The molecule has 2 N–H and O–H groups in total. The Labute approximate surface area is 81.9 Å². The first kappa shape index (κ1) is 11.7. The van der Waals surface area contributed by atoms with Crippen molar-refractivity contribution in [2.45, 2.75) is 19.5 Å². The van der Waals surface area contributed by atoms with Crippen molar-refractivity contribution in [1.82, 2.24) is 4.98 Å². The molecule has 0 saturated carbocycles. The van der Waals surface area contributed by atoms with Crippen molar-refractivity contribution in [3.8, 4) is 0 Å². The van der Waals surface area contributed by atoms with E-state index in [4.69, 9.17) is 5.73 Å². The monoisotopic (exact) mass is 226 g/mol. The predicted octanol–water partition coefficient (Wildman–Crippen LogP) is 2.93. The van der Waals surface area contributed by atoms with Gasteiger partial charge in [0.25, 0.3) is 6.43 Å². The van der Waals surface area contributed by atoms with E-state index in [2.05, 4.69) is 4.98 Å². The third-order valence-electron chi connectivity index (χ3n) is 1.84. The molecule has 1 rings (SSSR count). The van der Waals surface area contributed by atoms with Crippen LogP contribution in [-0.4, -0.2) is 4.98 Å². The first-order valence-corrected chi connectivity index (χ1v) is 3.85. The van der Waals surface area contributed by atoms with Gasteiger partial charge in [-0.25, -0.2) is 13.8 Å². The van der Waals surface area contributed by atoms with Gasteiger partial charge in [-0.15, -0.1) is 0 Å². The maximum Gasteiger partial charge on any atom is 0.417 e. The molecule has 0 aliphatic heterocycles. The summed E-state index contributed by atoms with van der Waals surface area (Å²) in [5.41, 5.74) is 1.98. The van der Waals surface area contributed by atoms with Gasteiger partial charge in [-0.05, 0) is 12.5 Å². The van der Waals surface area contributed by atoms with Crippen LogP contribution >= 0.6 is 0 Å². The van der Waals surface area contributed by atoms with Gasteiger partial charge in [0, 0.05) is 6.20 Å². The summed E-state index contributed by atoms with van der Waals surface area (Å²) in [6.45, 7) is 1.06. The lowest BCUT2D eigenvalue weighted by Crippen LogP contribution is -2.15. The van der Waals surface area contributed by atoms with Crippen LogP contribution in [0, 0.1) is 6.92 Å². The molecule has 7 heteroatoms. The molecule has 0 saturated heterocycles. The summed E-state index contributed by atoms with van der Waals surface area (Å²) in [7, 11) is 0. The number of nitrogens with two attached hydrogens (primary N) is 1. The molecular formula is C8H7F5N2. The van der Waals surface area contributed by atoms with E-state index in [0.29, 0.717) is 0 Å². The first-order chi connectivity index (χ1) is 6.75. The Kier molecular flexibility index (Phi) is 2.83. The van der Waals surface area contributed by atoms with Gasteiger partial charge in [0.05, 0.1) is 11.1 Å². The number of pyridine rings is 1. The van der Waals surface area contributed by atoms with Crippen molar-refractivity contribution < 1.29 is 22.0 Å². The minimum absolute atomic E-state index is 0.369. The second-order valence-corrected chi connectivity index (χ2v) is 2.91. The topological polar surface area (TPSA) is 38.9 Å². The Morgan fingerprint density at radius 1 is 1.33 bits per heavy atom. The molecule has 0 aliphatic carbocycles. The molecule has 1 heterocycles. The molecule has 0 bridgehead atoms. The Bertz CT molecular complexity index is 372. The molecule has 0 amide bonds. The normalized spacial score (nSPS) is 12.2. The van der Waals surface area contributed by atoms with E-state index in [0.717, 1.165) is 13.1 Å². The van der Waals surface area contributed by atoms with Crippen molar-refractivity contribution in [2.24, 2.45) is 0 Å². The van der Waals surface area contributed by atoms with E-state index in [9.17, 15) is 22.0 Å². The van der Waals surface area contributed by atoms with Gasteiger partial charge < -0.3 is 5.73 Å². The maximum absolute atomic E-state index is 12.4. The number of alkyl halides is 5. The number of aromatic nitrogens is 1. The van der Waals surface area contributed by atoms with Crippen LogP contribution in [0.3, 0.4) is 0 Å². The molecule has 0 aliphatic rings. The average Bonchev–Trinajstić information content (AvgIpc) is 2.05. The number of nitrogen functional groups attached to an aromatic ring is 1. The number of hydrogen-bond acceptors (Lipinski definition) is 2. The molecule has 0 fully saturated rings. The fourth-order valence-corrected chi connectivity index (χ4v) is 1.24. The van der Waals surface area contributed by atoms with Crippen molar-refractivity contribution in [1.29, 1.82) is 0 Å². The number of hydrogen-bond donors (Lipinski definition) is 1. The fourth-order valence-electron chi connectivity index (χ4n) is 1.24. The summed E-state index contributed by atoms with van der Waals surface area (Å²) < 4.78 is 62.1. The zero-order valence-electron chi connectivity index (χ0n) is 7.57. The third kappa shape index (κ3) is 2.16. The molecule has 0 aromatic carbocycles. The van der Waals surface area contributed by atoms with Crippen LogP contribution < -0.4 is 5.73 Å². The predicted molar refractivity (Wildman–Crippen MR) is 43.3 cm³/mol. The lowest BCUT2D eigenvalue weighted by atomic mass is 10.0. The van der Waals surface area contributed by atoms with E-state index >= 15 is 0 Å². The number of anilines is 1. The van der Waals surface area contributed by atoms with Crippen molar-refractivity contribution in [3.05, 3.63) is 22.9 Å². The minimum atomic E-state index is -4.85. The SMILES string of the molecule is Cc1cnc(N)c(C(F)F)c1C(F)(F)F. The first-order valence-electron chi connectivity index (χ1n) is 3.85. The van der Waals surface area contributed by atoms with Gasteiger partial charge in [-0.2, -0.15) is 13.2 Å².